The number of hydrogen-bond acceptors (Lipinski definition) is 3. The Morgan fingerprint density at radius 2 is 2.15 bits per heavy atom. The zero-order valence-electron chi connectivity index (χ0n) is 6.30. The van der Waals surface area contributed by atoms with Crippen molar-refractivity contribution < 1.29 is 13.6 Å². The van der Waals surface area contributed by atoms with Crippen LogP contribution in [-0.2, 0) is 0 Å². The number of carbonyl (C=O) groups excluding carboxylic acids is 1. The molecule has 0 radical (unpaired) electrons. The molecule has 0 aliphatic carbocycles. The molecule has 0 bridgehead atoms. The van der Waals surface area contributed by atoms with Gasteiger partial charge in [-0.25, -0.2) is 8.78 Å². The number of nitrogens with zero attached hydrogens (tertiary/aromatic N) is 1. The molecule has 0 spiro atoms. The van der Waals surface area contributed by atoms with E-state index in [-0.39, 0.29) is 11.3 Å². The summed E-state index contributed by atoms with van der Waals surface area (Å²) in [7, 11) is 0. The predicted octanol–water partition coefficient (Wildman–Crippen LogP) is 1.98. The van der Waals surface area contributed by atoms with Gasteiger partial charge in [0.25, 0.3) is 11.7 Å². The van der Waals surface area contributed by atoms with E-state index in [1.807, 2.05) is 0 Å². The molecule has 0 saturated heterocycles. The van der Waals surface area contributed by atoms with E-state index >= 15 is 0 Å². The smallest absolute Gasteiger partial charge is 0.266 e. The minimum Gasteiger partial charge on any atom is -0.397 e. The maximum atomic E-state index is 12.3. The second-order valence-corrected chi connectivity index (χ2v) is 2.61. The summed E-state index contributed by atoms with van der Waals surface area (Å²) in [5.74, 6) is 0. The fraction of sp³-hybridized carbons (Fsp3) is 0.143. The van der Waals surface area contributed by atoms with Crippen LogP contribution in [0.1, 0.15) is 22.3 Å². The summed E-state index contributed by atoms with van der Waals surface area (Å²) in [6, 6.07) is 0. The van der Waals surface area contributed by atoms with Crippen LogP contribution < -0.4 is 5.73 Å². The minimum atomic E-state index is -2.81. The Hall–Kier alpha value is -1.23. The van der Waals surface area contributed by atoms with Gasteiger partial charge in [0.2, 0.25) is 0 Å². The van der Waals surface area contributed by atoms with Gasteiger partial charge in [-0.2, -0.15) is 0 Å². The first-order valence-corrected chi connectivity index (χ1v) is 3.63. The molecule has 0 aliphatic heterocycles. The molecule has 0 aliphatic rings. The second-order valence-electron chi connectivity index (χ2n) is 2.27. The quantitative estimate of drug-likeness (QED) is 0.753. The molecule has 3 nitrogen and oxygen atoms in total. The van der Waals surface area contributed by atoms with Gasteiger partial charge in [-0.05, 0) is 11.6 Å². The van der Waals surface area contributed by atoms with Crippen LogP contribution in [0.15, 0.2) is 12.4 Å². The van der Waals surface area contributed by atoms with Crippen molar-refractivity contribution in [3.05, 3.63) is 23.5 Å². The molecule has 1 aromatic heterocycles. The number of hydrogen-bond donors (Lipinski definition) is 1. The molecular formula is C7H5ClF2N2O. The summed E-state index contributed by atoms with van der Waals surface area (Å²) < 4.78 is 24.5. The number of nitrogens with two attached hydrogens (primary N) is 1. The third kappa shape index (κ3) is 1.92. The van der Waals surface area contributed by atoms with Gasteiger partial charge < -0.3 is 5.73 Å². The van der Waals surface area contributed by atoms with E-state index in [1.54, 1.807) is 0 Å². The van der Waals surface area contributed by atoms with Crippen LogP contribution >= 0.6 is 11.6 Å². The first-order valence-electron chi connectivity index (χ1n) is 3.25. The number of carbonyl (C=O) groups is 1. The van der Waals surface area contributed by atoms with Crippen LogP contribution in [-0.4, -0.2) is 10.2 Å². The lowest BCUT2D eigenvalue weighted by molar-refractivity contribution is 0.106. The Morgan fingerprint density at radius 1 is 1.54 bits per heavy atom. The number of alkyl halides is 2. The molecule has 2 N–H and O–H groups in total. The third-order valence-corrected chi connectivity index (χ3v) is 1.63. The molecule has 1 rings (SSSR count). The zero-order chi connectivity index (χ0) is 10.0. The minimum absolute atomic E-state index is 0.141. The number of nitrogen functional groups attached to an aromatic ring is 1. The highest BCUT2D eigenvalue weighted by Crippen LogP contribution is 2.26. The number of rotatable bonds is 2. The molecule has 1 heterocycles. The molecule has 0 aromatic carbocycles. The summed E-state index contributed by atoms with van der Waals surface area (Å²) in [5.41, 5.74) is 4.21. The molecule has 0 atom stereocenters. The van der Waals surface area contributed by atoms with Crippen molar-refractivity contribution in [3.8, 4) is 0 Å². The van der Waals surface area contributed by atoms with Crippen molar-refractivity contribution in [3.63, 3.8) is 0 Å². The van der Waals surface area contributed by atoms with Crippen LogP contribution in [0, 0.1) is 0 Å². The number of anilines is 1. The second kappa shape index (κ2) is 3.66. The summed E-state index contributed by atoms with van der Waals surface area (Å²) in [6.45, 7) is 0. The SMILES string of the molecule is Nc1cncc(C(F)F)c1C(=O)Cl. The van der Waals surface area contributed by atoms with Crippen molar-refractivity contribution in [2.75, 3.05) is 5.73 Å². The number of halogens is 3. The third-order valence-electron chi connectivity index (χ3n) is 1.44. The largest absolute Gasteiger partial charge is 0.397 e. The van der Waals surface area contributed by atoms with Crippen molar-refractivity contribution in [1.29, 1.82) is 0 Å². The summed E-state index contributed by atoms with van der Waals surface area (Å²) in [5, 5.41) is -1.00. The molecule has 0 saturated carbocycles. The normalized spacial score (nSPS) is 10.5. The average Bonchev–Trinajstić information content (AvgIpc) is 2.02. The molecule has 1 aromatic rings. The predicted molar refractivity (Wildman–Crippen MR) is 43.8 cm³/mol. The first kappa shape index (κ1) is 9.85. The monoisotopic (exact) mass is 206 g/mol. The Kier molecular flexibility index (Phi) is 2.77. The van der Waals surface area contributed by atoms with Gasteiger partial charge in [0.15, 0.2) is 0 Å². The van der Waals surface area contributed by atoms with Gasteiger partial charge in [0, 0.05) is 6.20 Å². The lowest BCUT2D eigenvalue weighted by Gasteiger charge is -2.05. The Balaban J connectivity index is 3.34. The van der Waals surface area contributed by atoms with Crippen molar-refractivity contribution in [2.24, 2.45) is 0 Å². The van der Waals surface area contributed by atoms with Crippen LogP contribution in [0.3, 0.4) is 0 Å². The standard InChI is InChI=1S/C7H5ClF2N2O/c8-6(13)5-3(7(9)10)1-12-2-4(5)11/h1-2,7H,11H2. The van der Waals surface area contributed by atoms with E-state index in [2.05, 4.69) is 4.98 Å². The number of aromatic nitrogens is 1. The maximum absolute atomic E-state index is 12.3. The van der Waals surface area contributed by atoms with Crippen molar-refractivity contribution >= 4 is 22.5 Å². The molecule has 6 heteroatoms. The average molecular weight is 207 g/mol. The highest BCUT2D eigenvalue weighted by molar-refractivity contribution is 6.68. The number of pyridine rings is 1. The van der Waals surface area contributed by atoms with Gasteiger partial charge in [-0.3, -0.25) is 9.78 Å². The van der Waals surface area contributed by atoms with E-state index in [0.29, 0.717) is 0 Å². The van der Waals surface area contributed by atoms with Gasteiger partial charge in [-0.15, -0.1) is 0 Å². The lowest BCUT2D eigenvalue weighted by Crippen LogP contribution is -2.04. The van der Waals surface area contributed by atoms with Gasteiger partial charge >= 0.3 is 0 Å². The van der Waals surface area contributed by atoms with Crippen LogP contribution in [0.5, 0.6) is 0 Å². The summed E-state index contributed by atoms with van der Waals surface area (Å²) in [6.07, 6.45) is -0.841. The van der Waals surface area contributed by atoms with Gasteiger partial charge in [0.05, 0.1) is 23.0 Å². The molecular weight excluding hydrogens is 202 g/mol. The highest BCUT2D eigenvalue weighted by Gasteiger charge is 2.19. The molecule has 0 fully saturated rings. The van der Waals surface area contributed by atoms with Crippen molar-refractivity contribution in [2.45, 2.75) is 6.43 Å². The van der Waals surface area contributed by atoms with E-state index in [9.17, 15) is 13.6 Å². The maximum Gasteiger partial charge on any atom is 0.266 e. The Labute approximate surface area is 77.5 Å². The fourth-order valence-corrected chi connectivity index (χ4v) is 1.10. The highest BCUT2D eigenvalue weighted by atomic mass is 35.5. The molecule has 13 heavy (non-hydrogen) atoms. The fourth-order valence-electron chi connectivity index (χ4n) is 0.886. The summed E-state index contributed by atoms with van der Waals surface area (Å²) >= 11 is 5.08. The molecule has 0 amide bonds. The topological polar surface area (TPSA) is 56.0 Å². The van der Waals surface area contributed by atoms with Crippen LogP contribution in [0.2, 0.25) is 0 Å². The van der Waals surface area contributed by atoms with E-state index in [1.165, 1.54) is 0 Å². The van der Waals surface area contributed by atoms with E-state index in [0.717, 1.165) is 12.4 Å². The van der Waals surface area contributed by atoms with E-state index in [4.69, 9.17) is 17.3 Å². The van der Waals surface area contributed by atoms with Crippen LogP contribution in [0.4, 0.5) is 14.5 Å². The van der Waals surface area contributed by atoms with Crippen molar-refractivity contribution in [1.82, 2.24) is 4.98 Å². The molecule has 0 unspecified atom stereocenters. The van der Waals surface area contributed by atoms with Gasteiger partial charge in [-0.1, -0.05) is 0 Å². The first-order chi connectivity index (χ1) is 6.04. The molecule has 70 valence electrons. The Bertz CT molecular complexity index is 343. The van der Waals surface area contributed by atoms with E-state index < -0.39 is 17.2 Å². The van der Waals surface area contributed by atoms with Gasteiger partial charge in [0.1, 0.15) is 0 Å². The Morgan fingerprint density at radius 3 is 2.54 bits per heavy atom. The van der Waals surface area contributed by atoms with Crippen LogP contribution in [0.25, 0.3) is 0 Å². The summed E-state index contributed by atoms with van der Waals surface area (Å²) in [4.78, 5) is 14.1. The lowest BCUT2D eigenvalue weighted by atomic mass is 10.1. The zero-order valence-corrected chi connectivity index (χ0v) is 7.05.